The third-order valence-electron chi connectivity index (χ3n) is 3.90. The first-order valence-electron chi connectivity index (χ1n) is 4.60. The lowest BCUT2D eigenvalue weighted by molar-refractivity contribution is 0.301. The molecule has 0 aromatic carbocycles. The summed E-state index contributed by atoms with van der Waals surface area (Å²) in [6.07, 6.45) is 11.0. The molecule has 0 aliphatic heterocycles. The lowest BCUT2D eigenvalue weighted by atomic mass is 9.82. The normalized spacial score (nSPS) is 56.0. The van der Waals surface area contributed by atoms with Crippen LogP contribution < -0.4 is 0 Å². The molecule has 3 fully saturated rings. The van der Waals surface area contributed by atoms with Crippen LogP contribution in [-0.4, -0.2) is 0 Å². The third kappa shape index (κ3) is 0.492. The Hall–Kier alpha value is -0.260. The fraction of sp³-hybridized carbons (Fsp3) is 0.800. The van der Waals surface area contributed by atoms with Crippen LogP contribution in [0.5, 0.6) is 0 Å². The molecule has 0 heterocycles. The topological polar surface area (TPSA) is 0 Å². The van der Waals surface area contributed by atoms with Gasteiger partial charge in [-0.25, -0.2) is 0 Å². The minimum Gasteiger partial charge on any atom is -0.00182 e. The Balaban J connectivity index is 1.92. The van der Waals surface area contributed by atoms with Crippen molar-refractivity contribution < 1.29 is 0 Å². The van der Waals surface area contributed by atoms with E-state index in [1.165, 1.54) is 19.3 Å². The summed E-state index contributed by atoms with van der Waals surface area (Å²) in [5.74, 6) is 4.36. The Morgan fingerprint density at radius 2 is 1.90 bits per heavy atom. The standard InChI is InChI=1S/C10H14/c1-2-9-7-4-5-8(6-7)10(9)3-1/h1,4,7-10H,2-3,5-6H2/q+2. The monoisotopic (exact) mass is 134 g/mol. The third-order valence-corrected chi connectivity index (χ3v) is 3.90. The van der Waals surface area contributed by atoms with E-state index in [1.807, 2.05) is 0 Å². The predicted octanol–water partition coefficient (Wildman–Crippen LogP) is 2.46. The fourth-order valence-electron chi connectivity index (χ4n) is 3.46. The van der Waals surface area contributed by atoms with E-state index in [2.05, 4.69) is 12.8 Å². The van der Waals surface area contributed by atoms with Gasteiger partial charge in [0.1, 0.15) is 5.92 Å². The van der Waals surface area contributed by atoms with Gasteiger partial charge in [-0.2, -0.15) is 0 Å². The van der Waals surface area contributed by atoms with Crippen molar-refractivity contribution in [3.8, 4) is 0 Å². The van der Waals surface area contributed by atoms with E-state index < -0.39 is 0 Å². The molecular formula is C10H14+2. The molecule has 0 N–H and O–H groups in total. The van der Waals surface area contributed by atoms with Gasteiger partial charge in [0.15, 0.2) is 0 Å². The molecule has 0 nitrogen and oxygen atoms in total. The van der Waals surface area contributed by atoms with Gasteiger partial charge in [0.2, 0.25) is 0 Å². The molecule has 10 heavy (non-hydrogen) atoms. The van der Waals surface area contributed by atoms with Crippen molar-refractivity contribution in [3.63, 3.8) is 0 Å². The van der Waals surface area contributed by atoms with Crippen molar-refractivity contribution in [3.05, 3.63) is 12.8 Å². The van der Waals surface area contributed by atoms with Gasteiger partial charge in [0, 0.05) is 17.8 Å². The van der Waals surface area contributed by atoms with Crippen LogP contribution in [0.4, 0.5) is 0 Å². The van der Waals surface area contributed by atoms with Crippen LogP contribution in [0.2, 0.25) is 0 Å². The first-order chi connectivity index (χ1) is 4.95. The molecule has 3 saturated carbocycles. The summed E-state index contributed by atoms with van der Waals surface area (Å²) in [5, 5.41) is 0. The van der Waals surface area contributed by atoms with Gasteiger partial charge in [0.25, 0.3) is 0 Å². The summed E-state index contributed by atoms with van der Waals surface area (Å²) < 4.78 is 0. The van der Waals surface area contributed by atoms with Gasteiger partial charge >= 0.3 is 0 Å². The highest BCUT2D eigenvalue weighted by Crippen LogP contribution is 2.57. The maximum atomic E-state index is 2.59. The average molecular weight is 134 g/mol. The van der Waals surface area contributed by atoms with Crippen LogP contribution in [0.1, 0.15) is 25.7 Å². The Bertz CT molecular complexity index is 134. The van der Waals surface area contributed by atoms with Crippen LogP contribution in [0, 0.1) is 36.5 Å². The lowest BCUT2D eigenvalue weighted by Gasteiger charge is -2.14. The molecule has 3 aliphatic rings. The Morgan fingerprint density at radius 3 is 2.80 bits per heavy atom. The molecule has 2 bridgehead atoms. The highest BCUT2D eigenvalue weighted by Gasteiger charge is 2.58. The largest absolute Gasteiger partial charge is 0.105 e. The van der Waals surface area contributed by atoms with Crippen molar-refractivity contribution in [2.75, 3.05) is 0 Å². The van der Waals surface area contributed by atoms with E-state index in [1.54, 1.807) is 6.42 Å². The van der Waals surface area contributed by atoms with Gasteiger partial charge in [-0.05, 0) is 6.42 Å². The molecule has 0 saturated heterocycles. The Labute approximate surface area is 63.0 Å². The predicted molar refractivity (Wildman–Crippen MR) is 41.0 cm³/mol. The number of fused-ring (bicyclic) bond motifs is 5. The summed E-state index contributed by atoms with van der Waals surface area (Å²) in [6, 6.07) is 0. The molecule has 0 aromatic rings. The molecule has 0 spiro atoms. The van der Waals surface area contributed by atoms with Crippen molar-refractivity contribution in [2.24, 2.45) is 23.7 Å². The zero-order chi connectivity index (χ0) is 6.55. The summed E-state index contributed by atoms with van der Waals surface area (Å²) in [4.78, 5) is 0. The first kappa shape index (κ1) is 5.40. The number of hydrogen-bond donors (Lipinski definition) is 0. The van der Waals surface area contributed by atoms with Crippen LogP contribution in [0.3, 0.4) is 0 Å². The highest BCUT2D eigenvalue weighted by molar-refractivity contribution is 5.09. The second kappa shape index (κ2) is 1.66. The maximum absolute atomic E-state index is 2.59. The van der Waals surface area contributed by atoms with Crippen molar-refractivity contribution >= 4 is 0 Å². The van der Waals surface area contributed by atoms with Crippen LogP contribution in [0.15, 0.2) is 0 Å². The fourth-order valence-corrected chi connectivity index (χ4v) is 3.46. The van der Waals surface area contributed by atoms with E-state index in [0.717, 1.165) is 23.7 Å². The van der Waals surface area contributed by atoms with E-state index in [9.17, 15) is 0 Å². The molecule has 52 valence electrons. The summed E-state index contributed by atoms with van der Waals surface area (Å²) in [5.41, 5.74) is 0. The van der Waals surface area contributed by atoms with E-state index in [0.29, 0.717) is 0 Å². The quantitative estimate of drug-likeness (QED) is 0.446. The molecule has 0 aromatic heterocycles. The molecule has 0 amide bonds. The van der Waals surface area contributed by atoms with Gasteiger partial charge in [-0.3, -0.25) is 0 Å². The lowest BCUT2D eigenvalue weighted by Crippen LogP contribution is -2.16. The van der Waals surface area contributed by atoms with Gasteiger partial charge < -0.3 is 0 Å². The molecule has 4 atom stereocenters. The Morgan fingerprint density at radius 1 is 1.00 bits per heavy atom. The summed E-state index contributed by atoms with van der Waals surface area (Å²) in [7, 11) is 0. The molecule has 3 aliphatic carbocycles. The Kier molecular flexibility index (Phi) is 0.898. The van der Waals surface area contributed by atoms with E-state index in [4.69, 9.17) is 0 Å². The van der Waals surface area contributed by atoms with Gasteiger partial charge in [-0.1, -0.05) is 0 Å². The second-order valence-electron chi connectivity index (χ2n) is 4.22. The van der Waals surface area contributed by atoms with Crippen LogP contribution in [0.25, 0.3) is 0 Å². The maximum Gasteiger partial charge on any atom is 0.105 e. The number of hydrogen-bond acceptors (Lipinski definition) is 0. The zero-order valence-electron chi connectivity index (χ0n) is 6.29. The van der Waals surface area contributed by atoms with Crippen molar-refractivity contribution in [1.82, 2.24) is 0 Å². The molecule has 3 rings (SSSR count). The molecule has 4 unspecified atom stereocenters. The minimum absolute atomic E-state index is 1.04. The SMILES string of the molecule is [CH+]1CC2C3[CH+]CC(C3)C2C1. The van der Waals surface area contributed by atoms with Gasteiger partial charge in [-0.15, -0.1) is 0 Å². The summed E-state index contributed by atoms with van der Waals surface area (Å²) in [6.45, 7) is 0. The smallest absolute Gasteiger partial charge is 0.00182 e. The molecule has 0 heteroatoms. The van der Waals surface area contributed by atoms with E-state index in [-0.39, 0.29) is 0 Å². The van der Waals surface area contributed by atoms with Crippen LogP contribution in [-0.2, 0) is 0 Å². The average Bonchev–Trinajstić information content (AvgIpc) is 2.60. The number of rotatable bonds is 0. The molecule has 0 radical (unpaired) electrons. The first-order valence-corrected chi connectivity index (χ1v) is 4.60. The minimum atomic E-state index is 1.04. The zero-order valence-corrected chi connectivity index (χ0v) is 6.29. The second-order valence-corrected chi connectivity index (χ2v) is 4.22. The van der Waals surface area contributed by atoms with Crippen molar-refractivity contribution in [1.29, 1.82) is 0 Å². The van der Waals surface area contributed by atoms with Crippen molar-refractivity contribution in [2.45, 2.75) is 25.7 Å². The van der Waals surface area contributed by atoms with E-state index >= 15 is 0 Å². The molecular weight excluding hydrogens is 120 g/mol. The van der Waals surface area contributed by atoms with Gasteiger partial charge in [0.05, 0.1) is 32.1 Å². The van der Waals surface area contributed by atoms with Crippen LogP contribution >= 0.6 is 0 Å². The summed E-state index contributed by atoms with van der Waals surface area (Å²) >= 11 is 0. The highest BCUT2D eigenvalue weighted by atomic mass is 14.5.